The summed E-state index contributed by atoms with van der Waals surface area (Å²) in [5.74, 6) is 0.880. The van der Waals surface area contributed by atoms with Gasteiger partial charge in [-0.3, -0.25) is 5.11 Å². The molecule has 1 heteroatoms. The summed E-state index contributed by atoms with van der Waals surface area (Å²) >= 11 is 0. The second-order valence-corrected chi connectivity index (χ2v) is 4.07. The Balaban J connectivity index is 3.18. The number of benzene rings is 1. The Morgan fingerprint density at radius 3 is 1.62 bits per heavy atom. The van der Waals surface area contributed by atoms with Gasteiger partial charge in [0.15, 0.2) is 5.75 Å². The van der Waals surface area contributed by atoms with Crippen LogP contribution < -0.4 is 0 Å². The maximum atomic E-state index is 11.9. The van der Waals surface area contributed by atoms with E-state index in [1.807, 2.05) is 18.2 Å². The number of hydrogen-bond acceptors (Lipinski definition) is 0. The lowest BCUT2D eigenvalue weighted by Gasteiger charge is -2.12. The highest BCUT2D eigenvalue weighted by Crippen LogP contribution is 2.33. The largest absolute Gasteiger partial charge is 0.289 e. The fraction of sp³-hybridized carbons (Fsp3) is 0.500. The molecule has 0 aromatic heterocycles. The topological polar surface area (TPSA) is 19.9 Å². The lowest BCUT2D eigenvalue weighted by molar-refractivity contribution is 0.341. The molecule has 0 fully saturated rings. The van der Waals surface area contributed by atoms with Crippen LogP contribution in [0.1, 0.15) is 50.7 Å². The molecule has 1 aromatic carbocycles. The maximum absolute atomic E-state index is 11.9. The van der Waals surface area contributed by atoms with Crippen molar-refractivity contribution in [2.45, 2.75) is 39.5 Å². The standard InChI is InChI=1S/C12H17O/c1-8(2)10-6-5-7-11(9(3)4)12(10)13/h5-9H,1-4H3. The van der Waals surface area contributed by atoms with E-state index in [1.54, 1.807) is 0 Å². The van der Waals surface area contributed by atoms with Crippen molar-refractivity contribution in [2.75, 3.05) is 0 Å². The Bertz CT molecular complexity index is 261. The number of rotatable bonds is 2. The van der Waals surface area contributed by atoms with Gasteiger partial charge in [-0.15, -0.1) is 0 Å². The molecular formula is C12H17O. The zero-order valence-corrected chi connectivity index (χ0v) is 8.79. The monoisotopic (exact) mass is 177 g/mol. The van der Waals surface area contributed by atoms with Crippen LogP contribution >= 0.6 is 0 Å². The molecule has 13 heavy (non-hydrogen) atoms. The van der Waals surface area contributed by atoms with E-state index < -0.39 is 0 Å². The normalized spacial score (nSPS) is 11.2. The zero-order valence-electron chi connectivity index (χ0n) is 8.79. The molecule has 0 aliphatic rings. The Labute approximate surface area is 80.4 Å². The lowest BCUT2D eigenvalue weighted by atomic mass is 9.94. The molecule has 1 radical (unpaired) electrons. The minimum atomic E-state index is 0.229. The molecule has 0 aliphatic carbocycles. The fourth-order valence-electron chi connectivity index (χ4n) is 1.48. The first-order chi connectivity index (χ1) is 6.04. The summed E-state index contributed by atoms with van der Waals surface area (Å²) < 4.78 is 0. The fourth-order valence-corrected chi connectivity index (χ4v) is 1.48. The number of hydrogen-bond donors (Lipinski definition) is 0. The minimum Gasteiger partial charge on any atom is -0.289 e. The third-order valence-electron chi connectivity index (χ3n) is 2.32. The van der Waals surface area contributed by atoms with Gasteiger partial charge in [-0.05, 0) is 11.8 Å². The average molecular weight is 177 g/mol. The van der Waals surface area contributed by atoms with Crippen LogP contribution in [0.5, 0.6) is 5.75 Å². The van der Waals surface area contributed by atoms with Crippen LogP contribution in [0.4, 0.5) is 0 Å². The van der Waals surface area contributed by atoms with Gasteiger partial charge in [-0.1, -0.05) is 45.9 Å². The Morgan fingerprint density at radius 1 is 0.923 bits per heavy atom. The summed E-state index contributed by atoms with van der Waals surface area (Å²) in [4.78, 5) is 0. The van der Waals surface area contributed by atoms with Gasteiger partial charge in [-0.2, -0.15) is 0 Å². The molecule has 0 bridgehead atoms. The summed E-state index contributed by atoms with van der Waals surface area (Å²) in [5.41, 5.74) is 1.87. The molecule has 0 atom stereocenters. The van der Waals surface area contributed by atoms with Gasteiger partial charge in [0, 0.05) is 11.1 Å². The summed E-state index contributed by atoms with van der Waals surface area (Å²) in [5, 5.41) is 11.9. The Kier molecular flexibility index (Phi) is 2.97. The molecular weight excluding hydrogens is 160 g/mol. The van der Waals surface area contributed by atoms with Crippen LogP contribution in [-0.4, -0.2) is 0 Å². The first kappa shape index (κ1) is 10.1. The third kappa shape index (κ3) is 2.03. The summed E-state index contributed by atoms with van der Waals surface area (Å²) in [6.07, 6.45) is 0. The highest BCUT2D eigenvalue weighted by Gasteiger charge is 2.13. The van der Waals surface area contributed by atoms with Crippen molar-refractivity contribution in [2.24, 2.45) is 0 Å². The molecule has 1 aromatic rings. The first-order valence-corrected chi connectivity index (χ1v) is 4.83. The second kappa shape index (κ2) is 3.82. The van der Waals surface area contributed by atoms with Gasteiger partial charge in [-0.25, -0.2) is 0 Å². The van der Waals surface area contributed by atoms with E-state index in [4.69, 9.17) is 0 Å². The van der Waals surface area contributed by atoms with E-state index >= 15 is 0 Å². The molecule has 0 saturated carbocycles. The van der Waals surface area contributed by atoms with E-state index in [0.717, 1.165) is 11.1 Å². The van der Waals surface area contributed by atoms with Crippen molar-refractivity contribution >= 4 is 0 Å². The van der Waals surface area contributed by atoms with Crippen LogP contribution in [0.2, 0.25) is 0 Å². The van der Waals surface area contributed by atoms with Crippen molar-refractivity contribution in [3.63, 3.8) is 0 Å². The molecule has 1 nitrogen and oxygen atoms in total. The second-order valence-electron chi connectivity index (χ2n) is 4.07. The maximum Gasteiger partial charge on any atom is 0.185 e. The third-order valence-corrected chi connectivity index (χ3v) is 2.32. The molecule has 0 unspecified atom stereocenters. The van der Waals surface area contributed by atoms with E-state index in [9.17, 15) is 5.11 Å². The Hall–Kier alpha value is -0.980. The molecule has 0 heterocycles. The van der Waals surface area contributed by atoms with Crippen LogP contribution in [0.15, 0.2) is 18.2 Å². The van der Waals surface area contributed by atoms with Gasteiger partial charge in [0.2, 0.25) is 0 Å². The van der Waals surface area contributed by atoms with Gasteiger partial charge in [0.25, 0.3) is 0 Å². The van der Waals surface area contributed by atoms with E-state index in [2.05, 4.69) is 27.7 Å². The van der Waals surface area contributed by atoms with Gasteiger partial charge in [0.1, 0.15) is 0 Å². The van der Waals surface area contributed by atoms with Crippen molar-refractivity contribution in [3.8, 4) is 5.75 Å². The van der Waals surface area contributed by atoms with Crippen LogP contribution in [-0.2, 0) is 5.11 Å². The molecule has 0 aliphatic heterocycles. The SMILES string of the molecule is CC(C)c1cccc(C(C)C)c1[O]. The Morgan fingerprint density at radius 2 is 1.31 bits per heavy atom. The lowest BCUT2D eigenvalue weighted by Crippen LogP contribution is -1.93. The van der Waals surface area contributed by atoms with Crippen LogP contribution in [0.3, 0.4) is 0 Å². The van der Waals surface area contributed by atoms with Crippen molar-refractivity contribution < 1.29 is 5.11 Å². The molecule has 1 rings (SSSR count). The highest BCUT2D eigenvalue weighted by atomic mass is 16.3. The number of para-hydroxylation sites is 1. The predicted octanol–water partition coefficient (Wildman–Crippen LogP) is 4.08. The predicted molar refractivity (Wildman–Crippen MR) is 54.8 cm³/mol. The van der Waals surface area contributed by atoms with Crippen molar-refractivity contribution in [1.82, 2.24) is 0 Å². The summed E-state index contributed by atoms with van der Waals surface area (Å²) in [7, 11) is 0. The van der Waals surface area contributed by atoms with E-state index in [0.29, 0.717) is 11.8 Å². The molecule has 71 valence electrons. The molecule has 0 saturated heterocycles. The van der Waals surface area contributed by atoms with Gasteiger partial charge >= 0.3 is 0 Å². The molecule has 0 spiro atoms. The quantitative estimate of drug-likeness (QED) is 0.648. The highest BCUT2D eigenvalue weighted by molar-refractivity contribution is 5.43. The van der Waals surface area contributed by atoms with Gasteiger partial charge < -0.3 is 0 Å². The molecule has 0 amide bonds. The van der Waals surface area contributed by atoms with E-state index in [1.165, 1.54) is 0 Å². The van der Waals surface area contributed by atoms with Crippen molar-refractivity contribution in [3.05, 3.63) is 29.3 Å². The van der Waals surface area contributed by atoms with Crippen LogP contribution in [0, 0.1) is 0 Å². The van der Waals surface area contributed by atoms with Crippen molar-refractivity contribution in [1.29, 1.82) is 0 Å². The van der Waals surface area contributed by atoms with Gasteiger partial charge in [0.05, 0.1) is 0 Å². The minimum absolute atomic E-state index is 0.229. The average Bonchev–Trinajstić information content (AvgIpc) is 2.03. The zero-order chi connectivity index (χ0) is 10.0. The van der Waals surface area contributed by atoms with Crippen LogP contribution in [0.25, 0.3) is 0 Å². The molecule has 0 N–H and O–H groups in total. The smallest absolute Gasteiger partial charge is 0.185 e. The van der Waals surface area contributed by atoms with E-state index in [-0.39, 0.29) is 5.75 Å². The summed E-state index contributed by atoms with van der Waals surface area (Å²) in [6, 6.07) is 5.84. The first-order valence-electron chi connectivity index (χ1n) is 4.83. The summed E-state index contributed by atoms with van der Waals surface area (Å²) in [6.45, 7) is 8.23.